The van der Waals surface area contributed by atoms with Crippen LogP contribution in [0.25, 0.3) is 20.7 Å². The molecule has 1 N–H and O–H groups in total. The van der Waals surface area contributed by atoms with E-state index >= 15 is 0 Å². The Labute approximate surface area is 238 Å². The SMILES string of the molecule is COc1ncc(-c2cc3c(N4CCNCC4)ncnc3s2)cc1N(OC(=O)C(F)(F)F)S(=O)(=O)c1ccc(F)cc1F. The van der Waals surface area contributed by atoms with Gasteiger partial charge in [-0.1, -0.05) is 4.47 Å². The fraction of sp³-hybridized carbons (Fsp3) is 0.250. The summed E-state index contributed by atoms with van der Waals surface area (Å²) in [4.78, 5) is 30.6. The molecule has 0 spiro atoms. The number of alkyl halides is 3. The van der Waals surface area contributed by atoms with Gasteiger partial charge in [0.15, 0.2) is 5.69 Å². The maximum atomic E-state index is 14.6. The Morgan fingerprint density at radius 2 is 1.83 bits per heavy atom. The maximum Gasteiger partial charge on any atom is 0.493 e. The van der Waals surface area contributed by atoms with Crippen molar-refractivity contribution in [3.05, 3.63) is 54.5 Å². The number of fused-ring (bicyclic) bond motifs is 1. The second kappa shape index (κ2) is 11.3. The Kier molecular flexibility index (Phi) is 7.86. The number of aromatic nitrogens is 3. The maximum absolute atomic E-state index is 14.6. The molecule has 0 atom stereocenters. The van der Waals surface area contributed by atoms with Crippen molar-refractivity contribution in [2.75, 3.05) is 42.7 Å². The quantitative estimate of drug-likeness (QED) is 0.239. The molecule has 0 aliphatic carbocycles. The van der Waals surface area contributed by atoms with E-state index in [1.165, 1.54) is 12.5 Å². The Balaban J connectivity index is 1.65. The van der Waals surface area contributed by atoms with Crippen molar-refractivity contribution < 1.29 is 44.7 Å². The summed E-state index contributed by atoms with van der Waals surface area (Å²) in [6.07, 6.45) is -3.00. The number of methoxy groups -OCH3 is 1. The summed E-state index contributed by atoms with van der Waals surface area (Å²) < 4.78 is 99.1. The number of hydrogen-bond acceptors (Lipinski definition) is 11. The summed E-state index contributed by atoms with van der Waals surface area (Å²) >= 11 is 1.16. The largest absolute Gasteiger partial charge is 0.493 e. The number of pyridine rings is 1. The van der Waals surface area contributed by atoms with Crippen LogP contribution in [0.15, 0.2) is 47.8 Å². The van der Waals surface area contributed by atoms with Gasteiger partial charge in [0.1, 0.15) is 33.5 Å². The van der Waals surface area contributed by atoms with Gasteiger partial charge in [0, 0.05) is 48.9 Å². The van der Waals surface area contributed by atoms with E-state index in [0.29, 0.717) is 46.1 Å². The smallest absolute Gasteiger partial charge is 0.479 e. The highest BCUT2D eigenvalue weighted by atomic mass is 32.2. The first kappa shape index (κ1) is 29.3. The Hall–Kier alpha value is -4.16. The van der Waals surface area contributed by atoms with E-state index < -0.39 is 54.7 Å². The number of nitrogens with zero attached hydrogens (tertiary/aromatic N) is 5. The van der Waals surface area contributed by atoms with Gasteiger partial charge in [0.25, 0.3) is 10.0 Å². The molecular formula is C24H19F5N6O5S2. The molecule has 0 radical (unpaired) electrons. The van der Waals surface area contributed by atoms with Gasteiger partial charge in [-0.3, -0.25) is 0 Å². The average molecular weight is 631 g/mol. The highest BCUT2D eigenvalue weighted by Gasteiger charge is 2.46. The second-order valence-corrected chi connectivity index (χ2v) is 11.5. The highest BCUT2D eigenvalue weighted by Crippen LogP contribution is 2.40. The molecule has 3 aromatic heterocycles. The topological polar surface area (TPSA) is 127 Å². The van der Waals surface area contributed by atoms with E-state index in [-0.39, 0.29) is 11.6 Å². The molecule has 18 heteroatoms. The van der Waals surface area contributed by atoms with Crippen LogP contribution in [-0.4, -0.2) is 68.8 Å². The summed E-state index contributed by atoms with van der Waals surface area (Å²) in [6, 6.07) is 3.99. The molecule has 5 rings (SSSR count). The van der Waals surface area contributed by atoms with Crippen LogP contribution in [0.1, 0.15) is 0 Å². The first-order chi connectivity index (χ1) is 19.9. The molecule has 1 aliphatic rings. The van der Waals surface area contributed by atoms with Crippen LogP contribution in [-0.2, 0) is 19.7 Å². The van der Waals surface area contributed by atoms with Crippen molar-refractivity contribution in [2.45, 2.75) is 11.1 Å². The molecule has 0 saturated carbocycles. The Bertz CT molecular complexity index is 1760. The molecule has 1 fully saturated rings. The highest BCUT2D eigenvalue weighted by molar-refractivity contribution is 7.92. The molecule has 1 saturated heterocycles. The standard InChI is InChI=1S/C24H19F5N6O5S2/c1-39-21-17(35(40-23(36)24(27,28)29)42(37,38)19-3-2-14(25)9-16(19)26)8-13(11-31-21)18-10-15-20(32-12-33-22(15)41-18)34-6-4-30-5-7-34/h2-3,8-12,30H,4-7H2,1H3. The van der Waals surface area contributed by atoms with Crippen molar-refractivity contribution in [3.8, 4) is 16.3 Å². The van der Waals surface area contributed by atoms with Gasteiger partial charge < -0.3 is 19.8 Å². The van der Waals surface area contributed by atoms with Crippen LogP contribution in [0, 0.1) is 11.6 Å². The fourth-order valence-corrected chi connectivity index (χ4v) is 6.36. The van der Waals surface area contributed by atoms with Gasteiger partial charge in [-0.2, -0.15) is 21.6 Å². The number of ether oxygens (including phenoxy) is 1. The van der Waals surface area contributed by atoms with Gasteiger partial charge >= 0.3 is 12.1 Å². The van der Waals surface area contributed by atoms with E-state index in [1.807, 2.05) is 0 Å². The predicted molar refractivity (Wildman–Crippen MR) is 140 cm³/mol. The molecule has 0 amide bonds. The first-order valence-corrected chi connectivity index (χ1v) is 14.2. The molecule has 0 unspecified atom stereocenters. The molecule has 4 aromatic rings. The van der Waals surface area contributed by atoms with Crippen molar-refractivity contribution in [1.29, 1.82) is 0 Å². The summed E-state index contributed by atoms with van der Waals surface area (Å²) in [6.45, 7) is 2.85. The molecule has 222 valence electrons. The van der Waals surface area contributed by atoms with Crippen LogP contribution in [0.4, 0.5) is 33.5 Å². The number of nitrogens with one attached hydrogen (secondary N) is 1. The number of sulfonamides is 1. The Morgan fingerprint density at radius 1 is 1.10 bits per heavy atom. The molecule has 42 heavy (non-hydrogen) atoms. The van der Waals surface area contributed by atoms with Crippen LogP contribution >= 0.6 is 11.3 Å². The van der Waals surface area contributed by atoms with E-state index in [2.05, 4.69) is 30.0 Å². The van der Waals surface area contributed by atoms with Crippen LogP contribution in [0.5, 0.6) is 5.88 Å². The third-order valence-electron chi connectivity index (χ3n) is 6.02. The number of carbonyl (C=O) groups is 1. The number of hydrogen-bond donors (Lipinski definition) is 1. The number of piperazine rings is 1. The van der Waals surface area contributed by atoms with E-state index in [0.717, 1.165) is 37.6 Å². The van der Waals surface area contributed by atoms with Crippen LogP contribution in [0.3, 0.4) is 0 Å². The van der Waals surface area contributed by atoms with Crippen molar-refractivity contribution >= 4 is 49.1 Å². The third kappa shape index (κ3) is 5.64. The number of thiophene rings is 1. The lowest BCUT2D eigenvalue weighted by atomic mass is 10.2. The van der Waals surface area contributed by atoms with Crippen molar-refractivity contribution in [1.82, 2.24) is 20.3 Å². The summed E-state index contributed by atoms with van der Waals surface area (Å²) in [7, 11) is -4.40. The van der Waals surface area contributed by atoms with Gasteiger partial charge in [-0.05, 0) is 24.3 Å². The summed E-state index contributed by atoms with van der Waals surface area (Å²) in [5.41, 5.74) is -0.620. The minimum absolute atomic E-state index is 0.169. The minimum Gasteiger partial charge on any atom is -0.479 e. The molecule has 4 heterocycles. The van der Waals surface area contributed by atoms with E-state index in [9.17, 15) is 35.2 Å². The first-order valence-electron chi connectivity index (χ1n) is 11.9. The second-order valence-electron chi connectivity index (χ2n) is 8.70. The normalized spacial score (nSPS) is 14.2. The average Bonchev–Trinajstić information content (AvgIpc) is 3.40. The zero-order valence-corrected chi connectivity index (χ0v) is 23.0. The summed E-state index contributed by atoms with van der Waals surface area (Å²) in [5, 5.41) is 3.90. The zero-order valence-electron chi connectivity index (χ0n) is 21.4. The number of benzene rings is 1. The number of halogens is 5. The molecule has 11 nitrogen and oxygen atoms in total. The number of carbonyl (C=O) groups excluding carboxylic acids is 1. The monoisotopic (exact) mass is 630 g/mol. The lowest BCUT2D eigenvalue weighted by Gasteiger charge is -2.28. The lowest BCUT2D eigenvalue weighted by Crippen LogP contribution is -2.43. The fourth-order valence-electron chi connectivity index (χ4n) is 4.11. The molecule has 1 aliphatic heterocycles. The number of anilines is 2. The Morgan fingerprint density at radius 3 is 2.50 bits per heavy atom. The molecule has 0 bridgehead atoms. The summed E-state index contributed by atoms with van der Waals surface area (Å²) in [5.74, 6) is -5.66. The third-order valence-corrected chi connectivity index (χ3v) is 8.71. The van der Waals surface area contributed by atoms with Crippen molar-refractivity contribution in [3.63, 3.8) is 0 Å². The van der Waals surface area contributed by atoms with Crippen LogP contribution in [0.2, 0.25) is 0 Å². The van der Waals surface area contributed by atoms with Gasteiger partial charge in [-0.25, -0.2) is 28.5 Å². The zero-order chi connectivity index (χ0) is 30.2. The minimum atomic E-state index is -5.64. The van der Waals surface area contributed by atoms with E-state index in [1.54, 1.807) is 6.07 Å². The van der Waals surface area contributed by atoms with Crippen LogP contribution < -0.4 is 19.4 Å². The van der Waals surface area contributed by atoms with Gasteiger partial charge in [0.2, 0.25) is 5.88 Å². The number of rotatable bonds is 7. The van der Waals surface area contributed by atoms with Gasteiger partial charge in [-0.15, -0.1) is 11.3 Å². The lowest BCUT2D eigenvalue weighted by molar-refractivity contribution is -0.199. The molecular weight excluding hydrogens is 611 g/mol. The van der Waals surface area contributed by atoms with Crippen molar-refractivity contribution in [2.24, 2.45) is 0 Å². The van der Waals surface area contributed by atoms with Gasteiger partial charge in [0.05, 0.1) is 12.5 Å². The molecule has 1 aromatic carbocycles. The van der Waals surface area contributed by atoms with E-state index in [4.69, 9.17) is 4.74 Å². The predicted octanol–water partition coefficient (Wildman–Crippen LogP) is 3.67.